The number of aliphatic carboxylic acids is 1. The highest BCUT2D eigenvalue weighted by Crippen LogP contribution is 2.16. The number of nitrogens with zero attached hydrogens (tertiary/aromatic N) is 2. The molecule has 0 saturated carbocycles. The summed E-state index contributed by atoms with van der Waals surface area (Å²) in [6.07, 6.45) is 5.81. The molecule has 2 aromatic rings. The lowest BCUT2D eigenvalue weighted by atomic mass is 10.1. The van der Waals surface area contributed by atoms with Crippen molar-refractivity contribution in [3.05, 3.63) is 33.9 Å². The van der Waals surface area contributed by atoms with Gasteiger partial charge in [-0.1, -0.05) is 12.5 Å². The summed E-state index contributed by atoms with van der Waals surface area (Å²) in [5.74, 6) is -0.707. The molecule has 18 heavy (non-hydrogen) atoms. The number of pyridine rings is 1. The molecule has 0 unspecified atom stereocenters. The quantitative estimate of drug-likeness (QED) is 0.638. The standard InChI is InChI=1S/C13H15IN2O2/c14-13-11-7-4-6-10(16(11)9-15-13)5-2-1-3-8-12(17)18/h4,6-7,9H,1-3,5,8H2,(H,17,18). The minimum absolute atomic E-state index is 0.271. The van der Waals surface area contributed by atoms with E-state index in [4.69, 9.17) is 5.11 Å². The highest BCUT2D eigenvalue weighted by Gasteiger charge is 2.04. The van der Waals surface area contributed by atoms with Gasteiger partial charge in [0.25, 0.3) is 0 Å². The number of imidazole rings is 1. The maximum absolute atomic E-state index is 10.4. The fraction of sp³-hybridized carbons (Fsp3) is 0.385. The number of aromatic nitrogens is 2. The summed E-state index contributed by atoms with van der Waals surface area (Å²) in [5, 5.41) is 8.56. The minimum Gasteiger partial charge on any atom is -0.481 e. The van der Waals surface area contributed by atoms with Crippen LogP contribution in [0.1, 0.15) is 31.4 Å². The second-order valence-electron chi connectivity index (χ2n) is 4.26. The molecule has 0 aromatic carbocycles. The van der Waals surface area contributed by atoms with Crippen LogP contribution in [0.4, 0.5) is 0 Å². The van der Waals surface area contributed by atoms with Gasteiger partial charge >= 0.3 is 5.97 Å². The second kappa shape index (κ2) is 6.17. The van der Waals surface area contributed by atoms with Crippen molar-refractivity contribution in [1.82, 2.24) is 9.38 Å². The molecule has 2 heterocycles. The van der Waals surface area contributed by atoms with Crippen LogP contribution in [-0.2, 0) is 11.2 Å². The number of halogens is 1. The Morgan fingerprint density at radius 3 is 2.94 bits per heavy atom. The van der Waals surface area contributed by atoms with Crippen molar-refractivity contribution >= 4 is 34.1 Å². The SMILES string of the molecule is O=C(O)CCCCCc1cccc2c(I)ncn12. The fourth-order valence-electron chi connectivity index (χ4n) is 2.01. The van der Waals surface area contributed by atoms with Crippen LogP contribution in [0.25, 0.3) is 5.52 Å². The normalized spacial score (nSPS) is 10.9. The minimum atomic E-state index is -0.707. The molecule has 0 aliphatic carbocycles. The van der Waals surface area contributed by atoms with E-state index in [2.05, 4.69) is 44.1 Å². The number of rotatable bonds is 6. The summed E-state index contributed by atoms with van der Waals surface area (Å²) >= 11 is 2.23. The maximum Gasteiger partial charge on any atom is 0.303 e. The molecule has 0 spiro atoms. The highest BCUT2D eigenvalue weighted by molar-refractivity contribution is 14.1. The van der Waals surface area contributed by atoms with Crippen molar-refractivity contribution in [3.63, 3.8) is 0 Å². The van der Waals surface area contributed by atoms with Gasteiger partial charge in [-0.25, -0.2) is 4.98 Å². The number of unbranched alkanes of at least 4 members (excludes halogenated alkanes) is 2. The maximum atomic E-state index is 10.4. The van der Waals surface area contributed by atoms with Gasteiger partial charge in [0.1, 0.15) is 10.0 Å². The number of carbonyl (C=O) groups is 1. The van der Waals surface area contributed by atoms with Gasteiger partial charge in [0.05, 0.1) is 5.52 Å². The monoisotopic (exact) mass is 358 g/mol. The van der Waals surface area contributed by atoms with E-state index in [9.17, 15) is 4.79 Å². The number of carboxylic acid groups (broad SMARTS) is 1. The lowest BCUT2D eigenvalue weighted by Gasteiger charge is -2.05. The van der Waals surface area contributed by atoms with Crippen LogP contribution in [0.3, 0.4) is 0 Å². The van der Waals surface area contributed by atoms with Crippen molar-refractivity contribution in [2.75, 3.05) is 0 Å². The first kappa shape index (κ1) is 13.3. The van der Waals surface area contributed by atoms with Crippen molar-refractivity contribution in [2.45, 2.75) is 32.1 Å². The largest absolute Gasteiger partial charge is 0.481 e. The zero-order valence-corrected chi connectivity index (χ0v) is 12.1. The molecule has 0 bridgehead atoms. The highest BCUT2D eigenvalue weighted by atomic mass is 127. The number of hydrogen-bond donors (Lipinski definition) is 1. The Labute approximate surface area is 119 Å². The van der Waals surface area contributed by atoms with E-state index in [0.29, 0.717) is 0 Å². The Morgan fingerprint density at radius 1 is 1.33 bits per heavy atom. The summed E-state index contributed by atoms with van der Waals surface area (Å²) in [5.41, 5.74) is 2.37. The molecule has 5 heteroatoms. The van der Waals surface area contributed by atoms with Crippen LogP contribution < -0.4 is 0 Å². The van der Waals surface area contributed by atoms with E-state index < -0.39 is 5.97 Å². The number of fused-ring (bicyclic) bond motifs is 1. The Kier molecular flexibility index (Phi) is 4.57. The first-order valence-corrected chi connectivity index (χ1v) is 7.08. The second-order valence-corrected chi connectivity index (χ2v) is 5.28. The van der Waals surface area contributed by atoms with E-state index in [0.717, 1.165) is 34.9 Å². The molecule has 1 N–H and O–H groups in total. The van der Waals surface area contributed by atoms with Gasteiger partial charge in [-0.3, -0.25) is 4.79 Å². The Hall–Kier alpha value is -1.11. The van der Waals surface area contributed by atoms with Crippen LogP contribution in [-0.4, -0.2) is 20.5 Å². The van der Waals surface area contributed by atoms with E-state index in [1.54, 1.807) is 0 Å². The molecule has 0 fully saturated rings. The van der Waals surface area contributed by atoms with Crippen LogP contribution in [0.15, 0.2) is 24.5 Å². The first-order chi connectivity index (χ1) is 8.68. The van der Waals surface area contributed by atoms with Gasteiger partial charge in [-0.2, -0.15) is 0 Å². The predicted octanol–water partition coefficient (Wildman–Crippen LogP) is 3.13. The molecule has 0 aliphatic heterocycles. The molecular formula is C13H15IN2O2. The first-order valence-electron chi connectivity index (χ1n) is 6.01. The smallest absolute Gasteiger partial charge is 0.303 e. The van der Waals surface area contributed by atoms with E-state index in [1.807, 2.05) is 12.4 Å². The van der Waals surface area contributed by atoms with Crippen LogP contribution in [0, 0.1) is 3.70 Å². The molecule has 2 rings (SSSR count). The number of aryl methyl sites for hydroxylation is 1. The molecule has 0 amide bonds. The summed E-state index contributed by atoms with van der Waals surface area (Å²) in [6.45, 7) is 0. The van der Waals surface area contributed by atoms with Gasteiger partial charge in [0, 0.05) is 12.1 Å². The van der Waals surface area contributed by atoms with Crippen molar-refractivity contribution in [2.24, 2.45) is 0 Å². The Balaban J connectivity index is 1.93. The molecule has 0 aliphatic rings. The van der Waals surface area contributed by atoms with Crippen molar-refractivity contribution < 1.29 is 9.90 Å². The molecule has 0 atom stereocenters. The summed E-state index contributed by atoms with van der Waals surface area (Å²) in [6, 6.07) is 6.20. The fourth-order valence-corrected chi connectivity index (χ4v) is 2.57. The molecular weight excluding hydrogens is 343 g/mol. The molecule has 96 valence electrons. The Morgan fingerprint density at radius 2 is 2.17 bits per heavy atom. The van der Waals surface area contributed by atoms with E-state index in [1.165, 1.54) is 5.69 Å². The Bertz CT molecular complexity index is 551. The van der Waals surface area contributed by atoms with Gasteiger partial charge in [-0.05, 0) is 54.0 Å². The third kappa shape index (κ3) is 3.22. The zero-order valence-electron chi connectivity index (χ0n) is 9.97. The van der Waals surface area contributed by atoms with E-state index in [-0.39, 0.29) is 6.42 Å². The van der Waals surface area contributed by atoms with Gasteiger partial charge in [0.15, 0.2) is 0 Å². The average Bonchev–Trinajstić information content (AvgIpc) is 2.71. The zero-order chi connectivity index (χ0) is 13.0. The molecule has 4 nitrogen and oxygen atoms in total. The third-order valence-electron chi connectivity index (χ3n) is 2.93. The number of carboxylic acids is 1. The lowest BCUT2D eigenvalue weighted by molar-refractivity contribution is -0.137. The van der Waals surface area contributed by atoms with Crippen LogP contribution in [0.2, 0.25) is 0 Å². The van der Waals surface area contributed by atoms with Crippen LogP contribution in [0.5, 0.6) is 0 Å². The van der Waals surface area contributed by atoms with Crippen LogP contribution >= 0.6 is 22.6 Å². The van der Waals surface area contributed by atoms with Gasteiger partial charge in [0.2, 0.25) is 0 Å². The molecule has 2 aromatic heterocycles. The molecule has 0 saturated heterocycles. The van der Waals surface area contributed by atoms with Crippen molar-refractivity contribution in [3.8, 4) is 0 Å². The lowest BCUT2D eigenvalue weighted by Crippen LogP contribution is -1.97. The number of hydrogen-bond acceptors (Lipinski definition) is 2. The van der Waals surface area contributed by atoms with Crippen molar-refractivity contribution in [1.29, 1.82) is 0 Å². The summed E-state index contributed by atoms with van der Waals surface area (Å²) < 4.78 is 3.12. The molecule has 0 radical (unpaired) electrons. The topological polar surface area (TPSA) is 54.6 Å². The summed E-state index contributed by atoms with van der Waals surface area (Å²) in [7, 11) is 0. The van der Waals surface area contributed by atoms with Gasteiger partial charge < -0.3 is 9.51 Å². The average molecular weight is 358 g/mol. The predicted molar refractivity (Wildman–Crippen MR) is 77.7 cm³/mol. The third-order valence-corrected chi connectivity index (χ3v) is 3.76. The van der Waals surface area contributed by atoms with Gasteiger partial charge in [-0.15, -0.1) is 0 Å². The van der Waals surface area contributed by atoms with E-state index >= 15 is 0 Å². The summed E-state index contributed by atoms with van der Waals surface area (Å²) in [4.78, 5) is 14.7.